The summed E-state index contributed by atoms with van der Waals surface area (Å²) in [7, 11) is 0. The number of rotatable bonds is 2. The van der Waals surface area contributed by atoms with Crippen LogP contribution in [0.15, 0.2) is 0 Å². The maximum atomic E-state index is 5.97. The van der Waals surface area contributed by atoms with Gasteiger partial charge in [-0.15, -0.1) is 0 Å². The lowest BCUT2D eigenvalue weighted by molar-refractivity contribution is -0.0715. The fourth-order valence-electron chi connectivity index (χ4n) is 2.76. The summed E-state index contributed by atoms with van der Waals surface area (Å²) in [6.07, 6.45) is 4.34. The highest BCUT2D eigenvalue weighted by Crippen LogP contribution is 2.31. The van der Waals surface area contributed by atoms with Gasteiger partial charge < -0.3 is 10.5 Å². The van der Waals surface area contributed by atoms with Crippen LogP contribution in [0.5, 0.6) is 0 Å². The van der Waals surface area contributed by atoms with E-state index in [0.717, 1.165) is 13.2 Å². The van der Waals surface area contributed by atoms with E-state index in [1.54, 1.807) is 0 Å². The summed E-state index contributed by atoms with van der Waals surface area (Å²) in [5.74, 6) is 0. The molecule has 82 valence electrons. The predicted octanol–water partition coefficient (Wildman–Crippen LogP) is 0.975. The van der Waals surface area contributed by atoms with Crippen molar-refractivity contribution in [3.05, 3.63) is 0 Å². The number of fused-ring (bicyclic) bond motifs is 1. The second kappa shape index (κ2) is 4.17. The van der Waals surface area contributed by atoms with Gasteiger partial charge in [-0.2, -0.15) is 0 Å². The molecule has 1 aliphatic heterocycles. The summed E-state index contributed by atoms with van der Waals surface area (Å²) in [6.45, 7) is 6.29. The van der Waals surface area contributed by atoms with E-state index in [-0.39, 0.29) is 6.04 Å². The van der Waals surface area contributed by atoms with Crippen molar-refractivity contribution in [1.82, 2.24) is 4.90 Å². The Morgan fingerprint density at radius 3 is 2.86 bits per heavy atom. The van der Waals surface area contributed by atoms with Gasteiger partial charge in [0.05, 0.1) is 12.7 Å². The molecule has 0 amide bonds. The minimum atomic E-state index is 0.259. The van der Waals surface area contributed by atoms with Gasteiger partial charge in [-0.05, 0) is 33.1 Å². The maximum Gasteiger partial charge on any atom is 0.0731 e. The van der Waals surface area contributed by atoms with E-state index in [1.165, 1.54) is 19.3 Å². The van der Waals surface area contributed by atoms with E-state index in [9.17, 15) is 0 Å². The maximum absolute atomic E-state index is 5.97. The van der Waals surface area contributed by atoms with Crippen molar-refractivity contribution in [3.63, 3.8) is 0 Å². The molecule has 1 saturated heterocycles. The Morgan fingerprint density at radius 1 is 1.36 bits per heavy atom. The Bertz CT molecular complexity index is 196. The summed E-state index contributed by atoms with van der Waals surface area (Å²) >= 11 is 0. The van der Waals surface area contributed by atoms with Crippen molar-refractivity contribution in [2.45, 2.75) is 57.3 Å². The topological polar surface area (TPSA) is 38.5 Å². The van der Waals surface area contributed by atoms with E-state index in [1.807, 2.05) is 0 Å². The lowest BCUT2D eigenvalue weighted by atomic mass is 10.0. The number of ether oxygens (including phenoxy) is 1. The molecular weight excluding hydrogens is 176 g/mol. The summed E-state index contributed by atoms with van der Waals surface area (Å²) in [6, 6.07) is 1.39. The lowest BCUT2D eigenvalue weighted by Crippen LogP contribution is -2.56. The molecule has 2 N–H and O–H groups in total. The van der Waals surface area contributed by atoms with Gasteiger partial charge in [-0.25, -0.2) is 0 Å². The largest absolute Gasteiger partial charge is 0.375 e. The van der Waals surface area contributed by atoms with Gasteiger partial charge in [0.25, 0.3) is 0 Å². The van der Waals surface area contributed by atoms with E-state index in [0.29, 0.717) is 18.2 Å². The molecule has 0 bridgehead atoms. The third-order valence-corrected chi connectivity index (χ3v) is 3.81. The molecule has 4 atom stereocenters. The number of hydrogen-bond acceptors (Lipinski definition) is 3. The zero-order valence-electron chi connectivity index (χ0n) is 9.28. The molecule has 2 rings (SSSR count). The number of morpholine rings is 1. The van der Waals surface area contributed by atoms with E-state index >= 15 is 0 Å². The first-order valence-corrected chi connectivity index (χ1v) is 5.83. The van der Waals surface area contributed by atoms with Crippen molar-refractivity contribution >= 4 is 0 Å². The third-order valence-electron chi connectivity index (χ3n) is 3.81. The molecule has 0 spiro atoms. The second-order valence-corrected chi connectivity index (χ2v) is 4.75. The molecule has 2 aliphatic rings. The lowest BCUT2D eigenvalue weighted by Gasteiger charge is -2.42. The normalized spacial score (nSPS) is 37.9. The molecule has 1 saturated carbocycles. The zero-order chi connectivity index (χ0) is 10.1. The molecule has 14 heavy (non-hydrogen) atoms. The Balaban J connectivity index is 2.02. The van der Waals surface area contributed by atoms with Gasteiger partial charge in [-0.3, -0.25) is 4.90 Å². The first-order chi connectivity index (χ1) is 6.70. The Hall–Kier alpha value is -0.120. The van der Waals surface area contributed by atoms with Crippen LogP contribution < -0.4 is 5.73 Å². The SMILES string of the molecule is CC(N)C(C)N1CCOC2CCCC21. The van der Waals surface area contributed by atoms with Crippen LogP contribution in [0, 0.1) is 0 Å². The Labute approximate surface area is 86.6 Å². The van der Waals surface area contributed by atoms with Gasteiger partial charge in [0.2, 0.25) is 0 Å². The van der Waals surface area contributed by atoms with E-state index in [4.69, 9.17) is 10.5 Å². The molecule has 0 aromatic rings. The van der Waals surface area contributed by atoms with Gasteiger partial charge in [-0.1, -0.05) is 0 Å². The highest BCUT2D eigenvalue weighted by Gasteiger charge is 2.38. The third kappa shape index (κ3) is 1.81. The van der Waals surface area contributed by atoms with Crippen LogP contribution in [0.3, 0.4) is 0 Å². The highest BCUT2D eigenvalue weighted by atomic mass is 16.5. The first kappa shape index (κ1) is 10.4. The fraction of sp³-hybridized carbons (Fsp3) is 1.00. The quantitative estimate of drug-likeness (QED) is 0.718. The predicted molar refractivity (Wildman–Crippen MR) is 57.2 cm³/mol. The minimum Gasteiger partial charge on any atom is -0.375 e. The van der Waals surface area contributed by atoms with Gasteiger partial charge >= 0.3 is 0 Å². The average molecular weight is 198 g/mol. The molecule has 3 heteroatoms. The molecule has 0 radical (unpaired) electrons. The zero-order valence-corrected chi connectivity index (χ0v) is 9.28. The van der Waals surface area contributed by atoms with E-state index in [2.05, 4.69) is 18.7 Å². The molecule has 2 fully saturated rings. The minimum absolute atomic E-state index is 0.259. The molecule has 0 aromatic heterocycles. The van der Waals surface area contributed by atoms with Crippen LogP contribution in [0.4, 0.5) is 0 Å². The molecule has 0 aromatic carbocycles. The fourth-order valence-corrected chi connectivity index (χ4v) is 2.76. The molecular formula is C11H22N2O. The van der Waals surface area contributed by atoms with Crippen LogP contribution >= 0.6 is 0 Å². The van der Waals surface area contributed by atoms with Crippen molar-refractivity contribution in [3.8, 4) is 0 Å². The number of nitrogens with zero attached hydrogens (tertiary/aromatic N) is 1. The van der Waals surface area contributed by atoms with Crippen molar-refractivity contribution in [1.29, 1.82) is 0 Å². The van der Waals surface area contributed by atoms with Gasteiger partial charge in [0.15, 0.2) is 0 Å². The number of hydrogen-bond donors (Lipinski definition) is 1. The van der Waals surface area contributed by atoms with Gasteiger partial charge in [0.1, 0.15) is 0 Å². The Kier molecular flexibility index (Phi) is 3.10. The summed E-state index contributed by atoms with van der Waals surface area (Å²) in [5, 5.41) is 0. The van der Waals surface area contributed by atoms with Crippen LogP contribution in [0.1, 0.15) is 33.1 Å². The van der Waals surface area contributed by atoms with Crippen LogP contribution in [-0.4, -0.2) is 42.3 Å². The van der Waals surface area contributed by atoms with Crippen molar-refractivity contribution < 1.29 is 4.74 Å². The van der Waals surface area contributed by atoms with Crippen molar-refractivity contribution in [2.75, 3.05) is 13.2 Å². The molecule has 1 heterocycles. The Morgan fingerprint density at radius 2 is 2.14 bits per heavy atom. The molecule has 1 aliphatic carbocycles. The number of nitrogens with two attached hydrogens (primary N) is 1. The molecule has 3 nitrogen and oxygen atoms in total. The molecule has 4 unspecified atom stereocenters. The van der Waals surface area contributed by atoms with Crippen LogP contribution in [0.2, 0.25) is 0 Å². The van der Waals surface area contributed by atoms with Gasteiger partial charge in [0, 0.05) is 24.7 Å². The van der Waals surface area contributed by atoms with E-state index < -0.39 is 0 Å². The summed E-state index contributed by atoms with van der Waals surface area (Å²) in [4.78, 5) is 2.56. The highest BCUT2D eigenvalue weighted by molar-refractivity contribution is 4.92. The summed E-state index contributed by atoms with van der Waals surface area (Å²) < 4.78 is 5.78. The van der Waals surface area contributed by atoms with Crippen LogP contribution in [-0.2, 0) is 4.74 Å². The average Bonchev–Trinajstić information content (AvgIpc) is 2.63. The second-order valence-electron chi connectivity index (χ2n) is 4.75. The standard InChI is InChI=1S/C11H22N2O/c1-8(12)9(2)13-6-7-14-11-5-3-4-10(11)13/h8-11H,3-7,12H2,1-2H3. The smallest absolute Gasteiger partial charge is 0.0731 e. The van der Waals surface area contributed by atoms with Crippen LogP contribution in [0.25, 0.3) is 0 Å². The first-order valence-electron chi connectivity index (χ1n) is 5.83. The monoisotopic (exact) mass is 198 g/mol. The van der Waals surface area contributed by atoms with Crippen molar-refractivity contribution in [2.24, 2.45) is 5.73 Å². The summed E-state index contributed by atoms with van der Waals surface area (Å²) in [5.41, 5.74) is 5.97.